The van der Waals surface area contributed by atoms with E-state index in [-0.39, 0.29) is 18.0 Å². The largest absolute Gasteiger partial charge is 0.374 e. The summed E-state index contributed by atoms with van der Waals surface area (Å²) in [6.07, 6.45) is -0.0461. The van der Waals surface area contributed by atoms with E-state index in [1.54, 1.807) is 24.3 Å². The van der Waals surface area contributed by atoms with Crippen LogP contribution >= 0.6 is 0 Å². The van der Waals surface area contributed by atoms with E-state index in [4.69, 9.17) is 4.74 Å². The first-order chi connectivity index (χ1) is 15.0. The normalized spacial score (nSPS) is 16.7. The lowest BCUT2D eigenvalue weighted by Gasteiger charge is -2.33. The van der Waals surface area contributed by atoms with Gasteiger partial charge < -0.3 is 20.7 Å². The molecular formula is C24H32N4O3. The maximum Gasteiger partial charge on any atom is 0.319 e. The highest BCUT2D eigenvalue weighted by Gasteiger charge is 2.21. The molecule has 0 spiro atoms. The van der Waals surface area contributed by atoms with E-state index in [0.29, 0.717) is 36.9 Å². The molecule has 0 saturated carbocycles. The van der Waals surface area contributed by atoms with Crippen molar-refractivity contribution in [3.63, 3.8) is 0 Å². The van der Waals surface area contributed by atoms with Gasteiger partial charge in [-0.1, -0.05) is 44.2 Å². The van der Waals surface area contributed by atoms with Crippen molar-refractivity contribution >= 4 is 17.6 Å². The quantitative estimate of drug-likeness (QED) is 0.608. The molecule has 1 fully saturated rings. The first kappa shape index (κ1) is 22.8. The van der Waals surface area contributed by atoms with Crippen LogP contribution in [0.25, 0.3) is 0 Å². The van der Waals surface area contributed by atoms with Crippen molar-refractivity contribution in [2.45, 2.75) is 26.5 Å². The van der Waals surface area contributed by atoms with Gasteiger partial charge in [-0.15, -0.1) is 0 Å². The van der Waals surface area contributed by atoms with Gasteiger partial charge in [0, 0.05) is 44.0 Å². The van der Waals surface area contributed by atoms with Gasteiger partial charge in [-0.3, -0.25) is 9.69 Å². The van der Waals surface area contributed by atoms with Crippen LogP contribution in [-0.2, 0) is 11.3 Å². The Morgan fingerprint density at radius 1 is 1.06 bits per heavy atom. The van der Waals surface area contributed by atoms with Crippen LogP contribution in [0.15, 0.2) is 54.6 Å². The molecule has 0 radical (unpaired) electrons. The molecule has 3 N–H and O–H groups in total. The molecule has 2 aromatic carbocycles. The van der Waals surface area contributed by atoms with E-state index in [1.807, 2.05) is 32.0 Å². The Balaban J connectivity index is 1.41. The second kappa shape index (κ2) is 11.5. The lowest BCUT2D eigenvalue weighted by atomic mass is 10.1. The molecule has 1 heterocycles. The molecule has 0 aliphatic carbocycles. The van der Waals surface area contributed by atoms with E-state index in [2.05, 4.69) is 33.0 Å². The molecule has 3 amide bonds. The van der Waals surface area contributed by atoms with Gasteiger partial charge in [0.05, 0.1) is 12.7 Å². The SMILES string of the molecule is CC(C)CNC(=O)c1ccc(NC(=O)NCC2CN(Cc3ccccc3)CCO2)cc1. The van der Waals surface area contributed by atoms with Crippen molar-refractivity contribution < 1.29 is 14.3 Å². The summed E-state index contributed by atoms with van der Waals surface area (Å²) in [5.74, 6) is 0.284. The van der Waals surface area contributed by atoms with E-state index < -0.39 is 0 Å². The van der Waals surface area contributed by atoms with Gasteiger partial charge >= 0.3 is 6.03 Å². The fourth-order valence-electron chi connectivity index (χ4n) is 3.37. The number of morpholine rings is 1. The summed E-state index contributed by atoms with van der Waals surface area (Å²) < 4.78 is 5.80. The molecule has 1 aliphatic rings. The summed E-state index contributed by atoms with van der Waals surface area (Å²) in [5, 5.41) is 8.55. The minimum Gasteiger partial charge on any atom is -0.374 e. The van der Waals surface area contributed by atoms with Crippen molar-refractivity contribution in [3.05, 3.63) is 65.7 Å². The number of urea groups is 1. The van der Waals surface area contributed by atoms with Gasteiger partial charge in [-0.2, -0.15) is 0 Å². The predicted molar refractivity (Wildman–Crippen MR) is 122 cm³/mol. The van der Waals surface area contributed by atoms with Gasteiger partial charge in [0.2, 0.25) is 0 Å². The Hall–Kier alpha value is -2.90. The molecule has 0 aromatic heterocycles. The predicted octanol–water partition coefficient (Wildman–Crippen LogP) is 3.09. The number of carbonyl (C=O) groups excluding carboxylic acids is 2. The summed E-state index contributed by atoms with van der Waals surface area (Å²) in [6.45, 7) is 8.35. The van der Waals surface area contributed by atoms with Crippen molar-refractivity contribution in [2.75, 3.05) is 38.1 Å². The Labute approximate surface area is 184 Å². The first-order valence-electron chi connectivity index (χ1n) is 10.8. The van der Waals surface area contributed by atoms with Gasteiger partial charge in [0.15, 0.2) is 0 Å². The molecule has 7 nitrogen and oxygen atoms in total. The molecule has 1 aliphatic heterocycles. The molecule has 31 heavy (non-hydrogen) atoms. The maximum absolute atomic E-state index is 12.3. The minimum atomic E-state index is -0.291. The summed E-state index contributed by atoms with van der Waals surface area (Å²) in [5.41, 5.74) is 2.48. The van der Waals surface area contributed by atoms with Gasteiger partial charge in [-0.05, 0) is 35.7 Å². The van der Waals surface area contributed by atoms with E-state index in [9.17, 15) is 9.59 Å². The molecular weight excluding hydrogens is 392 g/mol. The van der Waals surface area contributed by atoms with Crippen LogP contribution in [0.4, 0.5) is 10.5 Å². The van der Waals surface area contributed by atoms with Crippen molar-refractivity contribution in [1.29, 1.82) is 0 Å². The number of anilines is 1. The highest BCUT2D eigenvalue weighted by atomic mass is 16.5. The number of rotatable bonds is 8. The van der Waals surface area contributed by atoms with Crippen LogP contribution in [0.1, 0.15) is 29.8 Å². The highest BCUT2D eigenvalue weighted by molar-refractivity contribution is 5.95. The summed E-state index contributed by atoms with van der Waals surface area (Å²) in [7, 11) is 0. The van der Waals surface area contributed by atoms with Crippen LogP contribution in [0.3, 0.4) is 0 Å². The zero-order chi connectivity index (χ0) is 22.1. The first-order valence-corrected chi connectivity index (χ1v) is 10.8. The zero-order valence-electron chi connectivity index (χ0n) is 18.3. The number of benzene rings is 2. The molecule has 1 unspecified atom stereocenters. The standard InChI is InChI=1S/C24H32N4O3/c1-18(2)14-25-23(29)20-8-10-21(11-9-20)27-24(30)26-15-22-17-28(12-13-31-22)16-19-6-4-3-5-7-19/h3-11,18,22H,12-17H2,1-2H3,(H,25,29)(H2,26,27,30). The third-order valence-corrected chi connectivity index (χ3v) is 5.04. The Kier molecular flexibility index (Phi) is 8.44. The average Bonchev–Trinajstić information content (AvgIpc) is 2.77. The summed E-state index contributed by atoms with van der Waals surface area (Å²) in [4.78, 5) is 26.7. The number of nitrogens with one attached hydrogen (secondary N) is 3. The Morgan fingerprint density at radius 2 is 1.81 bits per heavy atom. The van der Waals surface area contributed by atoms with Gasteiger partial charge in [-0.25, -0.2) is 4.79 Å². The average molecular weight is 425 g/mol. The Morgan fingerprint density at radius 3 is 2.52 bits per heavy atom. The van der Waals surface area contributed by atoms with Crippen LogP contribution < -0.4 is 16.0 Å². The second-order valence-corrected chi connectivity index (χ2v) is 8.23. The third-order valence-electron chi connectivity index (χ3n) is 5.04. The van der Waals surface area contributed by atoms with Crippen molar-refractivity contribution in [1.82, 2.24) is 15.5 Å². The monoisotopic (exact) mass is 424 g/mol. The van der Waals surface area contributed by atoms with E-state index >= 15 is 0 Å². The highest BCUT2D eigenvalue weighted by Crippen LogP contribution is 2.11. The number of amides is 3. The van der Waals surface area contributed by atoms with E-state index in [0.717, 1.165) is 19.6 Å². The number of nitrogens with zero attached hydrogens (tertiary/aromatic N) is 1. The maximum atomic E-state index is 12.3. The van der Waals surface area contributed by atoms with Crippen LogP contribution in [0, 0.1) is 5.92 Å². The van der Waals surface area contributed by atoms with Crippen LogP contribution in [-0.4, -0.2) is 55.7 Å². The lowest BCUT2D eigenvalue weighted by Crippen LogP contribution is -2.47. The number of carbonyl (C=O) groups is 2. The summed E-state index contributed by atoms with van der Waals surface area (Å²) >= 11 is 0. The van der Waals surface area contributed by atoms with Gasteiger partial charge in [0.25, 0.3) is 5.91 Å². The minimum absolute atomic E-state index is 0.0461. The van der Waals surface area contributed by atoms with Crippen LogP contribution in [0.2, 0.25) is 0 Å². The third kappa shape index (κ3) is 7.70. The number of hydrogen-bond donors (Lipinski definition) is 3. The molecule has 166 valence electrons. The van der Waals surface area contributed by atoms with Crippen molar-refractivity contribution in [2.24, 2.45) is 5.92 Å². The van der Waals surface area contributed by atoms with Crippen LogP contribution in [0.5, 0.6) is 0 Å². The van der Waals surface area contributed by atoms with Gasteiger partial charge in [0.1, 0.15) is 0 Å². The smallest absolute Gasteiger partial charge is 0.319 e. The summed E-state index contributed by atoms with van der Waals surface area (Å²) in [6, 6.07) is 16.9. The fraction of sp³-hybridized carbons (Fsp3) is 0.417. The number of ether oxygens (including phenoxy) is 1. The second-order valence-electron chi connectivity index (χ2n) is 8.23. The molecule has 2 aromatic rings. The molecule has 3 rings (SSSR count). The zero-order valence-corrected chi connectivity index (χ0v) is 18.3. The van der Waals surface area contributed by atoms with E-state index in [1.165, 1.54) is 5.56 Å². The lowest BCUT2D eigenvalue weighted by molar-refractivity contribution is -0.0285. The molecule has 1 saturated heterocycles. The molecule has 1 atom stereocenters. The molecule has 0 bridgehead atoms. The fourth-order valence-corrected chi connectivity index (χ4v) is 3.37. The molecule has 7 heteroatoms. The number of hydrogen-bond acceptors (Lipinski definition) is 4. The van der Waals surface area contributed by atoms with Crippen molar-refractivity contribution in [3.8, 4) is 0 Å². The topological polar surface area (TPSA) is 82.7 Å². The Bertz CT molecular complexity index is 840.